The van der Waals surface area contributed by atoms with Crippen LogP contribution in [0, 0.1) is 0 Å². The zero-order chi connectivity index (χ0) is 9.14. The molecule has 1 aliphatic carbocycles. The quantitative estimate of drug-likeness (QED) is 0.475. The van der Waals surface area contributed by atoms with Gasteiger partial charge in [0.1, 0.15) is 16.6 Å². The Kier molecular flexibility index (Phi) is 3.31. The summed E-state index contributed by atoms with van der Waals surface area (Å²) in [5.74, 6) is -0.283. The molecular weight excluding hydrogens is 196 g/mol. The van der Waals surface area contributed by atoms with E-state index in [2.05, 4.69) is 0 Å². The number of carbonyl (C=O) groups is 1. The maximum Gasteiger partial charge on any atom is 0.303 e. The lowest BCUT2D eigenvalue weighted by Gasteiger charge is -2.11. The van der Waals surface area contributed by atoms with Crippen LogP contribution in [-0.4, -0.2) is 28.7 Å². The van der Waals surface area contributed by atoms with Crippen molar-refractivity contribution in [3.8, 4) is 0 Å². The van der Waals surface area contributed by atoms with Crippen LogP contribution in [0.5, 0.6) is 0 Å². The molecule has 0 aromatic carbocycles. The van der Waals surface area contributed by atoms with Crippen molar-refractivity contribution in [2.45, 2.75) is 25.6 Å². The summed E-state index contributed by atoms with van der Waals surface area (Å²) in [6.45, 7) is 1.39. The van der Waals surface area contributed by atoms with Gasteiger partial charge in [-0.05, 0) is 6.08 Å². The van der Waals surface area contributed by atoms with Crippen LogP contribution < -0.4 is 0 Å². The molecule has 0 aromatic heterocycles. The lowest BCUT2D eigenvalue weighted by molar-refractivity contribution is -0.144. The van der Waals surface area contributed by atoms with E-state index in [9.17, 15) is 4.79 Å². The molecule has 68 valence electrons. The molecule has 0 aromatic rings. The molecule has 1 aliphatic rings. The number of halogens is 1. The molecule has 0 radical (unpaired) electrons. The van der Waals surface area contributed by atoms with Crippen LogP contribution in [0.15, 0.2) is 11.1 Å². The van der Waals surface area contributed by atoms with Gasteiger partial charge in [0.2, 0.25) is 0 Å². The Hall–Kier alpha value is -0.323. The first-order chi connectivity index (χ1) is 5.63. The minimum absolute atomic E-state index is 0.0531. The van der Waals surface area contributed by atoms with Crippen molar-refractivity contribution in [1.82, 2.24) is 0 Å². The second kappa shape index (κ2) is 4.07. The normalized spacial score (nSPS) is 28.7. The highest BCUT2D eigenvalue weighted by atomic mass is 35.5. The highest BCUT2D eigenvalue weighted by Crippen LogP contribution is 2.26. The molecule has 2 unspecified atom stereocenters. The lowest BCUT2D eigenvalue weighted by Crippen LogP contribution is -2.16. The van der Waals surface area contributed by atoms with E-state index in [1.165, 1.54) is 6.92 Å². The zero-order valence-corrected chi connectivity index (χ0v) is 9.80. The van der Waals surface area contributed by atoms with Crippen LogP contribution in [0.4, 0.5) is 0 Å². The van der Waals surface area contributed by atoms with Crippen molar-refractivity contribution in [2.24, 2.45) is 0 Å². The van der Waals surface area contributed by atoms with Gasteiger partial charge in [-0.2, -0.15) is 0 Å². The molecular formula is C7H11ClO3Si. The van der Waals surface area contributed by atoms with Crippen LogP contribution >= 0.6 is 11.6 Å². The van der Waals surface area contributed by atoms with E-state index in [-0.39, 0.29) is 18.2 Å². The Balaban J connectivity index is 2.48. The van der Waals surface area contributed by atoms with Gasteiger partial charge in [-0.3, -0.25) is 4.79 Å². The summed E-state index contributed by atoms with van der Waals surface area (Å²) in [5.41, 5.74) is 0. The molecule has 0 spiro atoms. The first-order valence-electron chi connectivity index (χ1n) is 3.70. The summed E-state index contributed by atoms with van der Waals surface area (Å²) >= 11 is 5.82. The van der Waals surface area contributed by atoms with E-state index in [1.54, 1.807) is 6.08 Å². The maximum absolute atomic E-state index is 10.6. The van der Waals surface area contributed by atoms with Gasteiger partial charge >= 0.3 is 5.97 Å². The van der Waals surface area contributed by atoms with Crippen LogP contribution in [-0.2, 0) is 14.0 Å². The molecule has 0 heterocycles. The summed E-state index contributed by atoms with van der Waals surface area (Å²) < 4.78 is 10.1. The largest absolute Gasteiger partial charge is 0.458 e. The van der Waals surface area contributed by atoms with Crippen molar-refractivity contribution in [1.29, 1.82) is 0 Å². The van der Waals surface area contributed by atoms with E-state index < -0.39 is 0 Å². The summed E-state index contributed by atoms with van der Waals surface area (Å²) in [7, 11) is 0.644. The van der Waals surface area contributed by atoms with Crippen molar-refractivity contribution in [2.75, 3.05) is 0 Å². The van der Waals surface area contributed by atoms with Crippen molar-refractivity contribution in [3.05, 3.63) is 11.1 Å². The lowest BCUT2D eigenvalue weighted by atomic mass is 10.3. The van der Waals surface area contributed by atoms with Crippen molar-refractivity contribution >= 4 is 28.1 Å². The van der Waals surface area contributed by atoms with Gasteiger partial charge in [0.05, 0.1) is 6.10 Å². The highest BCUT2D eigenvalue weighted by molar-refractivity contribution is 6.30. The van der Waals surface area contributed by atoms with E-state index in [0.717, 1.165) is 0 Å². The Morgan fingerprint density at radius 3 is 2.92 bits per heavy atom. The predicted octanol–water partition coefficient (Wildman–Crippen LogP) is 0.110. The highest BCUT2D eigenvalue weighted by Gasteiger charge is 2.26. The van der Waals surface area contributed by atoms with Gasteiger partial charge < -0.3 is 9.16 Å². The fourth-order valence-corrected chi connectivity index (χ4v) is 2.10. The molecule has 0 fully saturated rings. The number of rotatable bonds is 2. The van der Waals surface area contributed by atoms with Gasteiger partial charge in [-0.15, -0.1) is 0 Å². The van der Waals surface area contributed by atoms with Crippen molar-refractivity contribution < 1.29 is 14.0 Å². The standard InChI is InChI=1S/C7H11ClO3Si/c1-4(9)10-5-2-6(8)7(3-5)11-12/h2,5,7H,3H2,1,12H3. The second-order valence-corrected chi connectivity index (χ2v) is 3.57. The number of ether oxygens (including phenoxy) is 1. The minimum atomic E-state index is -0.283. The molecule has 5 heteroatoms. The van der Waals surface area contributed by atoms with Gasteiger partial charge in [0, 0.05) is 18.4 Å². The molecule has 1 rings (SSSR count). The Morgan fingerprint density at radius 1 is 1.83 bits per heavy atom. The van der Waals surface area contributed by atoms with Crippen LogP contribution in [0.25, 0.3) is 0 Å². The van der Waals surface area contributed by atoms with E-state index in [0.29, 0.717) is 21.9 Å². The number of esters is 1. The first-order valence-corrected chi connectivity index (χ1v) is 4.90. The van der Waals surface area contributed by atoms with E-state index in [4.69, 9.17) is 20.8 Å². The monoisotopic (exact) mass is 206 g/mol. The molecule has 0 bridgehead atoms. The third kappa shape index (κ3) is 2.33. The summed E-state index contributed by atoms with van der Waals surface area (Å²) in [6.07, 6.45) is 2.13. The second-order valence-electron chi connectivity index (χ2n) is 2.66. The molecule has 3 nitrogen and oxygen atoms in total. The molecule has 12 heavy (non-hydrogen) atoms. The number of hydrogen-bond acceptors (Lipinski definition) is 3. The van der Waals surface area contributed by atoms with Crippen LogP contribution in [0.1, 0.15) is 13.3 Å². The molecule has 0 amide bonds. The van der Waals surface area contributed by atoms with Crippen molar-refractivity contribution in [3.63, 3.8) is 0 Å². The summed E-state index contributed by atoms with van der Waals surface area (Å²) in [5, 5.41) is 0.649. The SMILES string of the molecule is CC(=O)OC1C=C(Cl)C(O[SiH3])C1. The molecule has 0 saturated carbocycles. The Bertz CT molecular complexity index is 217. The Morgan fingerprint density at radius 2 is 2.50 bits per heavy atom. The first kappa shape index (κ1) is 9.76. The minimum Gasteiger partial charge on any atom is -0.458 e. The molecule has 0 N–H and O–H groups in total. The third-order valence-corrected chi connectivity index (χ3v) is 2.64. The third-order valence-electron chi connectivity index (χ3n) is 1.70. The Labute approximate surface area is 79.2 Å². The fourth-order valence-electron chi connectivity index (χ4n) is 1.18. The van der Waals surface area contributed by atoms with Gasteiger partial charge in [0.25, 0.3) is 0 Å². The fraction of sp³-hybridized carbons (Fsp3) is 0.571. The van der Waals surface area contributed by atoms with Gasteiger partial charge in [-0.25, -0.2) is 0 Å². The molecule has 0 saturated heterocycles. The number of carbonyl (C=O) groups excluding carboxylic acids is 1. The number of hydrogen-bond donors (Lipinski definition) is 0. The van der Waals surface area contributed by atoms with E-state index >= 15 is 0 Å². The average molecular weight is 207 g/mol. The summed E-state index contributed by atoms with van der Waals surface area (Å²) in [6, 6.07) is 0. The zero-order valence-electron chi connectivity index (χ0n) is 7.04. The van der Waals surface area contributed by atoms with Gasteiger partial charge in [-0.1, -0.05) is 11.6 Å². The molecule has 0 aliphatic heterocycles. The smallest absolute Gasteiger partial charge is 0.303 e. The maximum atomic E-state index is 10.6. The predicted molar refractivity (Wildman–Crippen MR) is 48.9 cm³/mol. The van der Waals surface area contributed by atoms with Crippen LogP contribution in [0.2, 0.25) is 0 Å². The average Bonchev–Trinajstić information content (AvgIpc) is 2.29. The topological polar surface area (TPSA) is 35.5 Å². The van der Waals surface area contributed by atoms with Crippen LogP contribution in [0.3, 0.4) is 0 Å². The summed E-state index contributed by atoms with van der Waals surface area (Å²) in [4.78, 5) is 10.6. The van der Waals surface area contributed by atoms with Gasteiger partial charge in [0.15, 0.2) is 0 Å². The van der Waals surface area contributed by atoms with E-state index in [1.807, 2.05) is 0 Å². The molecule has 2 atom stereocenters.